The summed E-state index contributed by atoms with van der Waals surface area (Å²) in [6.45, 7) is 0.650. The number of nitrogens with zero attached hydrogens (tertiary/aromatic N) is 2. The van der Waals surface area contributed by atoms with Gasteiger partial charge in [0.25, 0.3) is 0 Å². The lowest BCUT2D eigenvalue weighted by Crippen LogP contribution is -2.40. The van der Waals surface area contributed by atoms with Gasteiger partial charge in [-0.25, -0.2) is 16.8 Å². The third-order valence-corrected chi connectivity index (χ3v) is 10.3. The minimum atomic E-state index is -3.85. The van der Waals surface area contributed by atoms with Crippen molar-refractivity contribution in [3.63, 3.8) is 0 Å². The van der Waals surface area contributed by atoms with E-state index < -0.39 is 32.5 Å². The zero-order valence-electron chi connectivity index (χ0n) is 21.1. The fourth-order valence-corrected chi connectivity index (χ4v) is 7.23. The smallest absolute Gasteiger partial charge is 0.245 e. The number of para-hydroxylation sites is 1. The number of carbonyl (C=O) groups is 1. The van der Waals surface area contributed by atoms with E-state index in [-0.39, 0.29) is 23.7 Å². The molecule has 0 bridgehead atoms. The van der Waals surface area contributed by atoms with Gasteiger partial charge in [-0.1, -0.05) is 35.9 Å². The van der Waals surface area contributed by atoms with E-state index in [1.807, 2.05) is 36.4 Å². The Hall–Kier alpha value is -2.61. The van der Waals surface area contributed by atoms with Crippen molar-refractivity contribution >= 4 is 60.7 Å². The second-order valence-corrected chi connectivity index (χ2v) is 14.0. The van der Waals surface area contributed by atoms with E-state index in [2.05, 4.69) is 5.32 Å². The summed E-state index contributed by atoms with van der Waals surface area (Å²) in [6.07, 6.45) is 0.995. The van der Waals surface area contributed by atoms with Gasteiger partial charge >= 0.3 is 0 Å². The molecular weight excluding hydrogens is 582 g/mol. The van der Waals surface area contributed by atoms with Crippen molar-refractivity contribution < 1.29 is 26.4 Å². The Balaban J connectivity index is 1.46. The highest BCUT2D eigenvalue weighted by molar-refractivity contribution is 7.98. The first kappa shape index (κ1) is 29.4. The third-order valence-electron chi connectivity index (χ3n) is 5.89. The molecule has 208 valence electrons. The lowest BCUT2D eigenvalue weighted by Gasteiger charge is -2.26. The molecule has 0 aromatic heterocycles. The number of halogens is 1. The molecule has 1 N–H and O–H groups in total. The van der Waals surface area contributed by atoms with Crippen molar-refractivity contribution in [2.75, 3.05) is 48.7 Å². The van der Waals surface area contributed by atoms with Crippen LogP contribution in [-0.2, 0) is 35.3 Å². The van der Waals surface area contributed by atoms with Crippen LogP contribution in [0.25, 0.3) is 0 Å². The molecule has 13 heteroatoms. The summed E-state index contributed by atoms with van der Waals surface area (Å²) in [5, 5.41) is 3.46. The first-order chi connectivity index (χ1) is 18.5. The molecule has 39 heavy (non-hydrogen) atoms. The molecule has 1 amide bonds. The minimum absolute atomic E-state index is 0.0395. The summed E-state index contributed by atoms with van der Waals surface area (Å²) < 4.78 is 58.5. The van der Waals surface area contributed by atoms with Gasteiger partial charge in [0, 0.05) is 28.8 Å². The van der Waals surface area contributed by atoms with Crippen LogP contribution < -0.4 is 9.62 Å². The molecule has 9 nitrogen and oxygen atoms in total. The van der Waals surface area contributed by atoms with Gasteiger partial charge in [0.2, 0.25) is 26.0 Å². The van der Waals surface area contributed by atoms with E-state index in [1.54, 1.807) is 12.1 Å². The monoisotopic (exact) mass is 609 g/mol. The second-order valence-electron chi connectivity index (χ2n) is 8.74. The summed E-state index contributed by atoms with van der Waals surface area (Å²) in [5.41, 5.74) is 1.80. The number of morpholine rings is 1. The summed E-state index contributed by atoms with van der Waals surface area (Å²) >= 11 is 7.48. The normalized spacial score (nSPS) is 14.6. The number of hydrogen-bond acceptors (Lipinski definition) is 7. The SMILES string of the molecule is CS(=O)(=O)N(CC(=O)Nc1ccccc1SCc1ccc(Cl)cc1)c1ccc(S(=O)(=O)N2CCOCC2)cc1. The average Bonchev–Trinajstić information content (AvgIpc) is 2.92. The second kappa shape index (κ2) is 12.7. The van der Waals surface area contributed by atoms with Crippen LogP contribution in [0.4, 0.5) is 11.4 Å². The fraction of sp³-hybridized carbons (Fsp3) is 0.269. The number of sulfonamides is 2. The fourth-order valence-electron chi connectivity index (χ4n) is 3.88. The predicted octanol–water partition coefficient (Wildman–Crippen LogP) is 4.06. The molecule has 0 unspecified atom stereocenters. The molecule has 3 aromatic rings. The van der Waals surface area contributed by atoms with E-state index in [0.29, 0.717) is 29.7 Å². The summed E-state index contributed by atoms with van der Waals surface area (Å²) in [5.74, 6) is 0.115. The van der Waals surface area contributed by atoms with Crippen LogP contribution in [0, 0.1) is 0 Å². The molecule has 1 aliphatic rings. The molecule has 3 aromatic carbocycles. The van der Waals surface area contributed by atoms with Gasteiger partial charge in [-0.05, 0) is 54.1 Å². The lowest BCUT2D eigenvalue weighted by molar-refractivity contribution is -0.114. The Morgan fingerprint density at radius 2 is 1.62 bits per heavy atom. The third kappa shape index (κ3) is 7.74. The van der Waals surface area contributed by atoms with Crippen molar-refractivity contribution in [3.8, 4) is 0 Å². The lowest BCUT2D eigenvalue weighted by atomic mass is 10.2. The standard InChI is InChI=1S/C26H28ClN3O6S3/c1-38(32,33)30(22-10-12-23(13-11-22)39(34,35)29-14-16-36-17-15-29)18-26(31)28-24-4-2-3-5-25(24)37-19-20-6-8-21(27)9-7-20/h2-13H,14-19H2,1H3,(H,28,31). The van der Waals surface area contributed by atoms with Crippen molar-refractivity contribution in [1.29, 1.82) is 0 Å². The molecule has 1 saturated heterocycles. The molecule has 1 aliphatic heterocycles. The van der Waals surface area contributed by atoms with Gasteiger partial charge in [-0.3, -0.25) is 9.10 Å². The first-order valence-corrected chi connectivity index (χ1v) is 16.6. The van der Waals surface area contributed by atoms with Gasteiger partial charge in [-0.15, -0.1) is 11.8 Å². The van der Waals surface area contributed by atoms with Gasteiger partial charge in [0.05, 0.1) is 35.7 Å². The number of amides is 1. The first-order valence-electron chi connectivity index (χ1n) is 12.0. The largest absolute Gasteiger partial charge is 0.379 e. The Morgan fingerprint density at radius 3 is 2.26 bits per heavy atom. The molecule has 0 atom stereocenters. The van der Waals surface area contributed by atoms with Crippen molar-refractivity contribution in [3.05, 3.63) is 83.4 Å². The Morgan fingerprint density at radius 1 is 0.974 bits per heavy atom. The van der Waals surface area contributed by atoms with Crippen molar-refractivity contribution in [2.45, 2.75) is 15.5 Å². The van der Waals surface area contributed by atoms with E-state index >= 15 is 0 Å². The number of thioether (sulfide) groups is 1. The topological polar surface area (TPSA) is 113 Å². The molecule has 0 saturated carbocycles. The van der Waals surface area contributed by atoms with Crippen LogP contribution in [0.5, 0.6) is 0 Å². The maximum Gasteiger partial charge on any atom is 0.245 e. The molecular formula is C26H28ClN3O6S3. The van der Waals surface area contributed by atoms with Gasteiger partial charge in [0.15, 0.2) is 0 Å². The Labute approximate surface area is 238 Å². The number of anilines is 2. The van der Waals surface area contributed by atoms with Gasteiger partial charge in [0.1, 0.15) is 6.54 Å². The van der Waals surface area contributed by atoms with Gasteiger partial charge in [-0.2, -0.15) is 4.31 Å². The molecule has 0 radical (unpaired) electrons. The minimum Gasteiger partial charge on any atom is -0.379 e. The predicted molar refractivity (Wildman–Crippen MR) is 154 cm³/mol. The molecule has 4 rings (SSSR count). The maximum atomic E-state index is 13.0. The highest BCUT2D eigenvalue weighted by Gasteiger charge is 2.27. The molecule has 1 fully saturated rings. The number of carbonyl (C=O) groups excluding carboxylic acids is 1. The number of hydrogen-bond donors (Lipinski definition) is 1. The van der Waals surface area contributed by atoms with Crippen LogP contribution >= 0.6 is 23.4 Å². The van der Waals surface area contributed by atoms with Crippen LogP contribution in [-0.4, -0.2) is 66.2 Å². The summed E-state index contributed by atoms with van der Waals surface area (Å²) in [4.78, 5) is 13.8. The average molecular weight is 610 g/mol. The molecule has 1 heterocycles. The van der Waals surface area contributed by atoms with E-state index in [4.69, 9.17) is 16.3 Å². The van der Waals surface area contributed by atoms with E-state index in [1.165, 1.54) is 40.3 Å². The van der Waals surface area contributed by atoms with Crippen LogP contribution in [0.1, 0.15) is 5.56 Å². The van der Waals surface area contributed by atoms with Crippen LogP contribution in [0.3, 0.4) is 0 Å². The zero-order valence-corrected chi connectivity index (χ0v) is 24.3. The Bertz CT molecular complexity index is 1510. The van der Waals surface area contributed by atoms with Crippen molar-refractivity contribution in [1.82, 2.24) is 4.31 Å². The summed E-state index contributed by atoms with van der Waals surface area (Å²) in [6, 6.07) is 20.2. The van der Waals surface area contributed by atoms with Crippen LogP contribution in [0.15, 0.2) is 82.6 Å². The number of ether oxygens (including phenoxy) is 1. The van der Waals surface area contributed by atoms with Crippen LogP contribution in [0.2, 0.25) is 5.02 Å². The number of benzene rings is 3. The van der Waals surface area contributed by atoms with E-state index in [9.17, 15) is 21.6 Å². The van der Waals surface area contributed by atoms with Gasteiger partial charge < -0.3 is 10.1 Å². The highest BCUT2D eigenvalue weighted by atomic mass is 35.5. The number of nitrogens with one attached hydrogen (secondary N) is 1. The molecule has 0 aliphatic carbocycles. The van der Waals surface area contributed by atoms with E-state index in [0.717, 1.165) is 21.0 Å². The van der Waals surface area contributed by atoms with Crippen molar-refractivity contribution in [2.24, 2.45) is 0 Å². The Kier molecular flexibility index (Phi) is 9.57. The highest BCUT2D eigenvalue weighted by Crippen LogP contribution is 2.30. The quantitative estimate of drug-likeness (QED) is 0.345. The zero-order chi connectivity index (χ0) is 28.0. The maximum absolute atomic E-state index is 13.0. The molecule has 0 spiro atoms. The summed E-state index contributed by atoms with van der Waals surface area (Å²) in [7, 11) is -7.59. The number of rotatable bonds is 10.